The van der Waals surface area contributed by atoms with Crippen LogP contribution in [-0.4, -0.2) is 11.1 Å². The summed E-state index contributed by atoms with van der Waals surface area (Å²) in [5, 5.41) is 8.82. The molecule has 0 bridgehead atoms. The molecular weight excluding hydrogens is 284 g/mol. The predicted molar refractivity (Wildman–Crippen MR) is 81.8 cm³/mol. The molecular formula is C16H14N2O2S. The minimum absolute atomic E-state index is 0.0184. The van der Waals surface area contributed by atoms with Crippen LogP contribution in [0.3, 0.4) is 0 Å². The smallest absolute Gasteiger partial charge is 0.225 e. The molecule has 0 saturated carbocycles. The van der Waals surface area contributed by atoms with Gasteiger partial charge in [-0.25, -0.2) is 0 Å². The van der Waals surface area contributed by atoms with Gasteiger partial charge in [-0.1, -0.05) is 41.6 Å². The zero-order valence-electron chi connectivity index (χ0n) is 11.3. The lowest BCUT2D eigenvalue weighted by Crippen LogP contribution is -2.23. The summed E-state index contributed by atoms with van der Waals surface area (Å²) in [6.45, 7) is 0.351. The van der Waals surface area contributed by atoms with E-state index in [4.69, 9.17) is 4.52 Å². The van der Waals surface area contributed by atoms with E-state index in [-0.39, 0.29) is 5.91 Å². The Morgan fingerprint density at radius 3 is 2.81 bits per heavy atom. The van der Waals surface area contributed by atoms with Crippen molar-refractivity contribution in [2.45, 2.75) is 13.0 Å². The molecule has 4 nitrogen and oxygen atoms in total. The van der Waals surface area contributed by atoms with Gasteiger partial charge in [0.2, 0.25) is 5.91 Å². The number of carbonyl (C=O) groups excluding carboxylic acids is 1. The van der Waals surface area contributed by atoms with Crippen LogP contribution in [0.25, 0.3) is 11.3 Å². The monoisotopic (exact) mass is 298 g/mol. The van der Waals surface area contributed by atoms with Crippen molar-refractivity contribution >= 4 is 17.2 Å². The highest BCUT2D eigenvalue weighted by Gasteiger charge is 2.08. The number of nitrogens with one attached hydrogen (secondary N) is 1. The van der Waals surface area contributed by atoms with Gasteiger partial charge < -0.3 is 9.84 Å². The molecule has 3 aromatic rings. The number of rotatable bonds is 5. The van der Waals surface area contributed by atoms with Crippen LogP contribution in [0.2, 0.25) is 0 Å². The molecule has 5 heteroatoms. The van der Waals surface area contributed by atoms with Crippen molar-refractivity contribution in [1.29, 1.82) is 0 Å². The quantitative estimate of drug-likeness (QED) is 0.786. The van der Waals surface area contributed by atoms with Crippen LogP contribution in [0.5, 0.6) is 0 Å². The SMILES string of the molecule is O=C(Cc1cccs1)NCc1cc(-c2ccccc2)no1. The Morgan fingerprint density at radius 1 is 1.19 bits per heavy atom. The number of benzene rings is 1. The first-order valence-corrected chi connectivity index (χ1v) is 7.49. The third-order valence-corrected chi connectivity index (χ3v) is 3.88. The lowest BCUT2D eigenvalue weighted by atomic mass is 10.1. The highest BCUT2D eigenvalue weighted by atomic mass is 32.1. The molecule has 0 radical (unpaired) electrons. The molecule has 2 heterocycles. The van der Waals surface area contributed by atoms with Crippen molar-refractivity contribution in [3.05, 3.63) is 64.5 Å². The topological polar surface area (TPSA) is 55.1 Å². The fourth-order valence-corrected chi connectivity index (χ4v) is 2.66. The summed E-state index contributed by atoms with van der Waals surface area (Å²) in [4.78, 5) is 12.8. The summed E-state index contributed by atoms with van der Waals surface area (Å²) in [6.07, 6.45) is 0.400. The molecule has 0 fully saturated rings. The normalized spacial score (nSPS) is 10.5. The highest BCUT2D eigenvalue weighted by Crippen LogP contribution is 2.18. The maximum absolute atomic E-state index is 11.8. The van der Waals surface area contributed by atoms with Crippen LogP contribution >= 0.6 is 11.3 Å². The number of hydrogen-bond acceptors (Lipinski definition) is 4. The van der Waals surface area contributed by atoms with Crippen molar-refractivity contribution < 1.29 is 9.32 Å². The second-order valence-electron chi connectivity index (χ2n) is 4.58. The van der Waals surface area contributed by atoms with Gasteiger partial charge in [0.15, 0.2) is 5.76 Å². The Labute approximate surface area is 126 Å². The first-order chi connectivity index (χ1) is 10.3. The minimum Gasteiger partial charge on any atom is -0.359 e. The van der Waals surface area contributed by atoms with E-state index in [0.29, 0.717) is 18.7 Å². The highest BCUT2D eigenvalue weighted by molar-refractivity contribution is 7.10. The average molecular weight is 298 g/mol. The lowest BCUT2D eigenvalue weighted by molar-refractivity contribution is -0.120. The fourth-order valence-electron chi connectivity index (χ4n) is 1.96. The standard InChI is InChI=1S/C16H14N2O2S/c19-16(10-14-7-4-8-21-14)17-11-13-9-15(18-20-13)12-5-2-1-3-6-12/h1-9H,10-11H2,(H,17,19). The van der Waals surface area contributed by atoms with Crippen molar-refractivity contribution in [3.63, 3.8) is 0 Å². The van der Waals surface area contributed by atoms with Crippen LogP contribution in [0.4, 0.5) is 0 Å². The molecule has 0 atom stereocenters. The first-order valence-electron chi connectivity index (χ1n) is 6.61. The number of thiophene rings is 1. The van der Waals surface area contributed by atoms with Gasteiger partial charge in [-0.15, -0.1) is 11.3 Å². The molecule has 0 unspecified atom stereocenters. The molecule has 0 saturated heterocycles. The van der Waals surface area contributed by atoms with Gasteiger partial charge in [0.05, 0.1) is 13.0 Å². The Hall–Kier alpha value is -2.40. The van der Waals surface area contributed by atoms with Crippen molar-refractivity contribution in [3.8, 4) is 11.3 Å². The van der Waals surface area contributed by atoms with Crippen molar-refractivity contribution in [2.75, 3.05) is 0 Å². The van der Waals surface area contributed by atoms with Gasteiger partial charge in [-0.3, -0.25) is 4.79 Å². The van der Waals surface area contributed by atoms with E-state index < -0.39 is 0 Å². The van der Waals surface area contributed by atoms with E-state index in [9.17, 15) is 4.79 Å². The molecule has 2 aromatic heterocycles. The second-order valence-corrected chi connectivity index (χ2v) is 5.61. The summed E-state index contributed by atoms with van der Waals surface area (Å²) in [5.74, 6) is 0.628. The molecule has 1 aromatic carbocycles. The van der Waals surface area contributed by atoms with E-state index in [1.54, 1.807) is 11.3 Å². The third kappa shape index (κ3) is 3.58. The van der Waals surface area contributed by atoms with Gasteiger partial charge in [-0.05, 0) is 11.4 Å². The number of aromatic nitrogens is 1. The zero-order valence-corrected chi connectivity index (χ0v) is 12.1. The first kappa shape index (κ1) is 13.6. The summed E-state index contributed by atoms with van der Waals surface area (Å²) in [7, 11) is 0. The third-order valence-electron chi connectivity index (χ3n) is 3.00. The molecule has 1 N–H and O–H groups in total. The van der Waals surface area contributed by atoms with Crippen molar-refractivity contribution in [1.82, 2.24) is 10.5 Å². The summed E-state index contributed by atoms with van der Waals surface area (Å²) in [5.41, 5.74) is 1.77. The molecule has 106 valence electrons. The molecule has 3 rings (SSSR count). The van der Waals surface area contributed by atoms with Gasteiger partial charge in [0, 0.05) is 16.5 Å². The Balaban J connectivity index is 1.56. The second kappa shape index (κ2) is 6.37. The average Bonchev–Trinajstić information content (AvgIpc) is 3.17. The number of carbonyl (C=O) groups is 1. The van der Waals surface area contributed by atoms with Gasteiger partial charge >= 0.3 is 0 Å². The maximum atomic E-state index is 11.8. The van der Waals surface area contributed by atoms with Crippen LogP contribution in [0, 0.1) is 0 Å². The molecule has 0 aliphatic heterocycles. The minimum atomic E-state index is -0.0184. The zero-order chi connectivity index (χ0) is 14.5. The largest absolute Gasteiger partial charge is 0.359 e. The van der Waals surface area contributed by atoms with E-state index >= 15 is 0 Å². The van der Waals surface area contributed by atoms with Gasteiger partial charge in [-0.2, -0.15) is 0 Å². The van der Waals surface area contributed by atoms with Crippen LogP contribution in [0.1, 0.15) is 10.6 Å². The van der Waals surface area contributed by atoms with E-state index in [2.05, 4.69) is 10.5 Å². The number of nitrogens with zero attached hydrogens (tertiary/aromatic N) is 1. The molecule has 0 aliphatic rings. The molecule has 0 spiro atoms. The Kier molecular flexibility index (Phi) is 4.12. The number of hydrogen-bond donors (Lipinski definition) is 1. The van der Waals surface area contributed by atoms with E-state index in [0.717, 1.165) is 16.1 Å². The van der Waals surface area contributed by atoms with E-state index in [1.165, 1.54) is 0 Å². The summed E-state index contributed by atoms with van der Waals surface area (Å²) < 4.78 is 5.24. The Bertz CT molecular complexity index is 705. The molecule has 0 aliphatic carbocycles. The fraction of sp³-hybridized carbons (Fsp3) is 0.125. The lowest BCUT2D eigenvalue weighted by Gasteiger charge is -2.00. The molecule has 21 heavy (non-hydrogen) atoms. The van der Waals surface area contributed by atoms with Gasteiger partial charge in [0.1, 0.15) is 5.69 Å². The summed E-state index contributed by atoms with van der Waals surface area (Å²) in [6, 6.07) is 15.5. The Morgan fingerprint density at radius 2 is 2.05 bits per heavy atom. The van der Waals surface area contributed by atoms with Crippen LogP contribution in [-0.2, 0) is 17.8 Å². The number of amides is 1. The maximum Gasteiger partial charge on any atom is 0.225 e. The van der Waals surface area contributed by atoms with Crippen LogP contribution < -0.4 is 5.32 Å². The van der Waals surface area contributed by atoms with Crippen molar-refractivity contribution in [2.24, 2.45) is 0 Å². The van der Waals surface area contributed by atoms with Gasteiger partial charge in [0.25, 0.3) is 0 Å². The summed E-state index contributed by atoms with van der Waals surface area (Å²) >= 11 is 1.58. The predicted octanol–water partition coefficient (Wildman–Crippen LogP) is 3.26. The molecule has 1 amide bonds. The van der Waals surface area contributed by atoms with Crippen LogP contribution in [0.15, 0.2) is 58.4 Å². The van der Waals surface area contributed by atoms with E-state index in [1.807, 2.05) is 53.9 Å².